The number of aliphatic imine (C=N–C) groups is 1. The van der Waals surface area contributed by atoms with Gasteiger partial charge < -0.3 is 74.8 Å². The van der Waals surface area contributed by atoms with Crippen LogP contribution in [0.15, 0.2) is 4.99 Å². The minimum atomic E-state index is -1.77. The summed E-state index contributed by atoms with van der Waals surface area (Å²) >= 11 is 0. The first-order valence-electron chi connectivity index (χ1n) is 25.9. The third-order valence-corrected chi connectivity index (χ3v) is 12.9. The van der Waals surface area contributed by atoms with Gasteiger partial charge >= 0.3 is 11.9 Å². The zero-order valence-corrected chi connectivity index (χ0v) is 45.6. The number of nitrogens with two attached hydrogens (primary N) is 3. The van der Waals surface area contributed by atoms with Gasteiger partial charge in [0.25, 0.3) is 0 Å². The molecule has 26 nitrogen and oxygen atoms in total. The number of nitrogens with one attached hydrogen (secondary N) is 8. The Kier molecular flexibility index (Phi) is 28.9. The van der Waals surface area contributed by atoms with Crippen molar-refractivity contribution in [1.29, 1.82) is 0 Å². The van der Waals surface area contributed by atoms with Gasteiger partial charge in [0.15, 0.2) is 5.96 Å². The molecule has 0 bridgehead atoms. The molecule has 9 amide bonds. The predicted octanol–water partition coefficient (Wildman–Crippen LogP) is -1.71. The van der Waals surface area contributed by atoms with Crippen LogP contribution in [0.4, 0.5) is 0 Å². The average molecular weight is 1070 g/mol. The number of rotatable bonds is 33. The summed E-state index contributed by atoms with van der Waals surface area (Å²) in [5.74, 6) is -11.4. The Morgan fingerprint density at radius 3 is 1.68 bits per heavy atom. The minimum absolute atomic E-state index is 0.0307. The number of aliphatic carboxylic acids is 2. The van der Waals surface area contributed by atoms with Crippen LogP contribution < -0.4 is 59.7 Å². The number of hydrogen-bond donors (Lipinski definition) is 13. The lowest BCUT2D eigenvalue weighted by molar-refractivity contribution is -0.144. The molecule has 75 heavy (non-hydrogen) atoms. The van der Waals surface area contributed by atoms with E-state index in [0.717, 1.165) is 0 Å². The quantitative estimate of drug-likeness (QED) is 0.0198. The largest absolute Gasteiger partial charge is 0.481 e. The topological polar surface area (TPSA) is 418 Å². The maximum absolute atomic E-state index is 14.0. The van der Waals surface area contributed by atoms with Gasteiger partial charge in [-0.3, -0.25) is 52.9 Å². The number of nitrogens with zero attached hydrogens (tertiary/aromatic N) is 2. The number of carbonyl (C=O) groups is 11. The smallest absolute Gasteiger partial charge is 0.326 e. The number of guanidine groups is 1. The first-order chi connectivity index (χ1) is 34.9. The summed E-state index contributed by atoms with van der Waals surface area (Å²) in [6.07, 6.45) is 1.33. The van der Waals surface area contributed by atoms with E-state index >= 15 is 0 Å². The molecule has 0 aromatic heterocycles. The number of likely N-dealkylation sites (tertiary alicyclic amines) is 1. The molecule has 11 atom stereocenters. The number of carbonyl (C=O) groups excluding carboxylic acids is 9. The summed E-state index contributed by atoms with van der Waals surface area (Å²) in [6, 6.07) is -11.1. The summed E-state index contributed by atoms with van der Waals surface area (Å²) in [7, 11) is 0. The summed E-state index contributed by atoms with van der Waals surface area (Å²) < 4.78 is 0. The molecule has 1 saturated heterocycles. The van der Waals surface area contributed by atoms with E-state index in [1.54, 1.807) is 41.5 Å². The molecular formula is C49H87N13O13. The van der Waals surface area contributed by atoms with Crippen molar-refractivity contribution in [3.63, 3.8) is 0 Å². The molecule has 26 heteroatoms. The fourth-order valence-corrected chi connectivity index (χ4v) is 8.02. The molecule has 0 saturated carbocycles. The second-order valence-corrected chi connectivity index (χ2v) is 20.6. The van der Waals surface area contributed by atoms with Crippen molar-refractivity contribution < 1.29 is 63.0 Å². The van der Waals surface area contributed by atoms with Crippen molar-refractivity contribution >= 4 is 71.1 Å². The highest BCUT2D eigenvalue weighted by molar-refractivity contribution is 5.98. The second kappa shape index (κ2) is 32.7. The van der Waals surface area contributed by atoms with E-state index in [0.29, 0.717) is 32.2 Å². The number of hydrogen-bond acceptors (Lipinski definition) is 13. The van der Waals surface area contributed by atoms with Gasteiger partial charge in [0.05, 0.1) is 19.0 Å². The Hall–Kier alpha value is -6.60. The van der Waals surface area contributed by atoms with Crippen molar-refractivity contribution in [3.05, 3.63) is 0 Å². The molecule has 1 rings (SSSR count). The third kappa shape index (κ3) is 23.2. The van der Waals surface area contributed by atoms with Gasteiger partial charge in [-0.05, 0) is 75.0 Å². The zero-order valence-electron chi connectivity index (χ0n) is 45.6. The van der Waals surface area contributed by atoms with Crippen molar-refractivity contribution in [2.24, 2.45) is 51.8 Å². The monoisotopic (exact) mass is 1070 g/mol. The van der Waals surface area contributed by atoms with Crippen LogP contribution in [-0.2, 0) is 52.7 Å². The fourth-order valence-electron chi connectivity index (χ4n) is 8.02. The van der Waals surface area contributed by atoms with E-state index in [-0.39, 0.29) is 61.8 Å². The lowest BCUT2D eigenvalue weighted by Gasteiger charge is -2.30. The van der Waals surface area contributed by atoms with E-state index in [4.69, 9.17) is 17.2 Å². The molecule has 0 aromatic carbocycles. The van der Waals surface area contributed by atoms with Crippen LogP contribution >= 0.6 is 0 Å². The zero-order chi connectivity index (χ0) is 57.4. The Balaban J connectivity index is 3.21. The molecular weight excluding hydrogens is 979 g/mol. The van der Waals surface area contributed by atoms with Gasteiger partial charge in [0.1, 0.15) is 48.3 Å². The third-order valence-electron chi connectivity index (χ3n) is 12.9. The van der Waals surface area contributed by atoms with Crippen LogP contribution in [0.1, 0.15) is 134 Å². The van der Waals surface area contributed by atoms with Crippen LogP contribution in [0.5, 0.6) is 0 Å². The van der Waals surface area contributed by atoms with Gasteiger partial charge in [-0.15, -0.1) is 0 Å². The van der Waals surface area contributed by atoms with Crippen LogP contribution in [-0.4, -0.2) is 160 Å². The summed E-state index contributed by atoms with van der Waals surface area (Å²) in [4.78, 5) is 151. The van der Waals surface area contributed by atoms with E-state index in [1.165, 1.54) is 11.8 Å². The first-order valence-corrected chi connectivity index (χ1v) is 25.9. The summed E-state index contributed by atoms with van der Waals surface area (Å²) in [6.45, 7) is 18.5. The molecule has 1 aliphatic rings. The molecule has 0 aromatic rings. The van der Waals surface area contributed by atoms with Crippen LogP contribution in [0.3, 0.4) is 0 Å². The Labute approximate surface area is 440 Å². The molecule has 0 unspecified atom stereocenters. The van der Waals surface area contributed by atoms with E-state index in [1.807, 2.05) is 27.7 Å². The highest BCUT2D eigenvalue weighted by atomic mass is 16.4. The predicted molar refractivity (Wildman–Crippen MR) is 277 cm³/mol. The Bertz CT molecular complexity index is 2010. The number of carboxylic acid groups (broad SMARTS) is 2. The van der Waals surface area contributed by atoms with Gasteiger partial charge in [-0.1, -0.05) is 82.1 Å². The minimum Gasteiger partial charge on any atom is -0.481 e. The molecule has 426 valence electrons. The molecule has 16 N–H and O–H groups in total. The average Bonchev–Trinajstić information content (AvgIpc) is 3.83. The van der Waals surface area contributed by atoms with Gasteiger partial charge in [-0.2, -0.15) is 0 Å². The van der Waals surface area contributed by atoms with Crippen molar-refractivity contribution in [3.8, 4) is 0 Å². The lowest BCUT2D eigenvalue weighted by Crippen LogP contribution is -2.60. The highest BCUT2D eigenvalue weighted by Gasteiger charge is 2.39. The molecule has 0 spiro atoms. The van der Waals surface area contributed by atoms with E-state index < -0.39 is 138 Å². The Morgan fingerprint density at radius 2 is 1.16 bits per heavy atom. The standard InChI is InChI=1S/C49H87N13O13/c1-12-27(9)37(50)47(73)62-19-15-17-34(62)45(71)59-31(20-24(3)4)41(67)54-23-35(63)56-33(22-36(64)65)43(69)55-29(11)40(66)57-30(16-14-18-53-49(51)52)42(68)58-32(21-25(5)6)44(70)60-38(26(7)8)46(72)61-39(48(74)75)28(10)13-2/h24-34,37-39H,12-23,50H2,1-11H3,(H,54,67)(H,55,69)(H,56,63)(H,57,66)(H,58,68)(H,59,71)(H,60,70)(H,61,72)(H,64,65)(H,74,75)(H4,51,52,53)/t27-,28-,29-,30-,31-,32-,33-,34-,37-,38-,39-/m0/s1. The molecule has 1 heterocycles. The van der Waals surface area contributed by atoms with Crippen LogP contribution in [0.2, 0.25) is 0 Å². The van der Waals surface area contributed by atoms with Crippen LogP contribution in [0, 0.1) is 29.6 Å². The maximum atomic E-state index is 14.0. The highest BCUT2D eigenvalue weighted by Crippen LogP contribution is 2.21. The number of amides is 9. The molecule has 1 fully saturated rings. The van der Waals surface area contributed by atoms with Gasteiger partial charge in [0, 0.05) is 13.1 Å². The molecule has 1 aliphatic heterocycles. The normalized spacial score (nSPS) is 17.3. The van der Waals surface area contributed by atoms with E-state index in [2.05, 4.69) is 47.5 Å². The second-order valence-electron chi connectivity index (χ2n) is 20.6. The van der Waals surface area contributed by atoms with E-state index in [9.17, 15) is 63.0 Å². The van der Waals surface area contributed by atoms with Crippen LogP contribution in [0.25, 0.3) is 0 Å². The fraction of sp³-hybridized carbons (Fsp3) is 0.755. The van der Waals surface area contributed by atoms with Gasteiger partial charge in [-0.25, -0.2) is 4.79 Å². The van der Waals surface area contributed by atoms with Crippen molar-refractivity contribution in [2.75, 3.05) is 19.6 Å². The summed E-state index contributed by atoms with van der Waals surface area (Å²) in [5, 5.41) is 39.4. The number of carboxylic acids is 2. The van der Waals surface area contributed by atoms with Gasteiger partial charge in [0.2, 0.25) is 53.2 Å². The molecule has 0 aliphatic carbocycles. The van der Waals surface area contributed by atoms with Crippen molar-refractivity contribution in [1.82, 2.24) is 47.4 Å². The maximum Gasteiger partial charge on any atom is 0.326 e. The van der Waals surface area contributed by atoms with Crippen molar-refractivity contribution in [2.45, 2.75) is 188 Å². The molecule has 0 radical (unpaired) electrons. The first kappa shape index (κ1) is 66.4. The summed E-state index contributed by atoms with van der Waals surface area (Å²) in [5.41, 5.74) is 17.1. The SMILES string of the molecule is CC[C@H](C)[C@H](N)C(=O)N1CCC[C@H]1C(=O)N[C@@H](CC(C)C)C(=O)NCC(=O)N[C@@H](CC(=O)O)C(=O)N[C@@H](C)C(=O)N[C@@H](CCCN=C(N)N)C(=O)N[C@@H](CC(C)C)C(=O)N[C@H](C(=O)N[C@H](C(=O)O)[C@@H](C)CC)C(C)C. The Morgan fingerprint density at radius 1 is 0.627 bits per heavy atom. The lowest BCUT2D eigenvalue weighted by atomic mass is 9.96.